The summed E-state index contributed by atoms with van der Waals surface area (Å²) < 4.78 is 2.61. The van der Waals surface area contributed by atoms with Gasteiger partial charge in [-0.2, -0.15) is 0 Å². The summed E-state index contributed by atoms with van der Waals surface area (Å²) in [6, 6.07) is 12.3. The third kappa shape index (κ3) is 6.42. The molecule has 4 rings (SSSR count). The highest BCUT2D eigenvalue weighted by molar-refractivity contribution is 5.78. The lowest BCUT2D eigenvalue weighted by Gasteiger charge is -2.34. The van der Waals surface area contributed by atoms with Gasteiger partial charge in [0.2, 0.25) is 5.91 Å². The number of amides is 1. The van der Waals surface area contributed by atoms with Crippen LogP contribution in [0.25, 0.3) is 0 Å². The molecule has 0 unspecified atom stereocenters. The maximum atomic E-state index is 12.7. The number of aromatic nitrogens is 2. The van der Waals surface area contributed by atoms with E-state index in [-0.39, 0.29) is 23.1 Å². The Kier molecular flexibility index (Phi) is 8.44. The fourth-order valence-corrected chi connectivity index (χ4v) is 5.42. The molecule has 0 saturated carbocycles. The molecule has 2 fully saturated rings. The monoisotopic (exact) mass is 481 g/mol. The molecule has 8 heteroatoms. The van der Waals surface area contributed by atoms with Gasteiger partial charge in [0.15, 0.2) is 0 Å². The van der Waals surface area contributed by atoms with Crippen molar-refractivity contribution in [2.24, 2.45) is 25.9 Å². The van der Waals surface area contributed by atoms with E-state index in [1.165, 1.54) is 42.5 Å². The third-order valence-corrected chi connectivity index (χ3v) is 7.72. The number of piperidine rings is 2. The average molecular weight is 482 g/mol. The van der Waals surface area contributed by atoms with Gasteiger partial charge in [0.1, 0.15) is 5.82 Å². The van der Waals surface area contributed by atoms with E-state index in [9.17, 15) is 14.4 Å². The molecule has 1 aromatic carbocycles. The summed E-state index contributed by atoms with van der Waals surface area (Å²) in [4.78, 5) is 41.5. The summed E-state index contributed by atoms with van der Waals surface area (Å²) in [5.74, 6) is 1.53. The summed E-state index contributed by atoms with van der Waals surface area (Å²) in [5.41, 5.74) is 0.813. The molecule has 0 spiro atoms. The lowest BCUT2D eigenvalue weighted by Crippen LogP contribution is -2.45. The Morgan fingerprint density at radius 3 is 2.31 bits per heavy atom. The van der Waals surface area contributed by atoms with Gasteiger partial charge in [0.25, 0.3) is 5.56 Å². The van der Waals surface area contributed by atoms with Crippen molar-refractivity contribution in [1.29, 1.82) is 0 Å². The number of nitrogens with one attached hydrogen (secondary N) is 1. The maximum absolute atomic E-state index is 12.7. The molecule has 0 aliphatic carbocycles. The number of benzene rings is 1. The molecule has 35 heavy (non-hydrogen) atoms. The summed E-state index contributed by atoms with van der Waals surface area (Å²) in [6.45, 7) is 5.37. The molecular weight excluding hydrogens is 442 g/mol. The largest absolute Gasteiger partial charge is 0.358 e. The van der Waals surface area contributed by atoms with Crippen molar-refractivity contribution >= 4 is 11.7 Å². The van der Waals surface area contributed by atoms with E-state index in [1.54, 1.807) is 7.05 Å². The molecule has 1 N–H and O–H groups in total. The first-order valence-corrected chi connectivity index (χ1v) is 13.0. The van der Waals surface area contributed by atoms with Crippen molar-refractivity contribution in [3.8, 4) is 0 Å². The van der Waals surface area contributed by atoms with Crippen molar-refractivity contribution in [1.82, 2.24) is 19.4 Å². The van der Waals surface area contributed by atoms with Crippen molar-refractivity contribution < 1.29 is 4.79 Å². The number of anilines is 1. The van der Waals surface area contributed by atoms with Crippen molar-refractivity contribution in [3.05, 3.63) is 62.8 Å². The number of hydrogen-bond donors (Lipinski definition) is 1. The molecule has 8 nitrogen and oxygen atoms in total. The van der Waals surface area contributed by atoms with Crippen LogP contribution < -0.4 is 21.5 Å². The summed E-state index contributed by atoms with van der Waals surface area (Å²) >= 11 is 0. The van der Waals surface area contributed by atoms with Gasteiger partial charge in [-0.15, -0.1) is 0 Å². The molecule has 0 bridgehead atoms. The molecule has 2 aromatic rings. The second kappa shape index (κ2) is 11.7. The maximum Gasteiger partial charge on any atom is 0.332 e. The predicted molar refractivity (Wildman–Crippen MR) is 139 cm³/mol. The Balaban J connectivity index is 1.13. The van der Waals surface area contributed by atoms with E-state index < -0.39 is 0 Å². The van der Waals surface area contributed by atoms with Crippen molar-refractivity contribution in [2.45, 2.75) is 38.5 Å². The Labute approximate surface area is 207 Å². The highest BCUT2D eigenvalue weighted by Gasteiger charge is 2.26. The Hall–Kier alpha value is -2.87. The Bertz CT molecular complexity index is 1090. The molecule has 1 aromatic heterocycles. The van der Waals surface area contributed by atoms with E-state index in [0.29, 0.717) is 25.5 Å². The van der Waals surface area contributed by atoms with Crippen LogP contribution in [0.1, 0.15) is 37.7 Å². The number of carbonyl (C=O) groups excluding carboxylic acids is 1. The van der Waals surface area contributed by atoms with Crippen LogP contribution in [0.2, 0.25) is 0 Å². The number of hydrogen-bond acceptors (Lipinski definition) is 5. The first-order valence-electron chi connectivity index (χ1n) is 13.0. The average Bonchev–Trinajstić information content (AvgIpc) is 2.89. The Morgan fingerprint density at radius 1 is 0.943 bits per heavy atom. The van der Waals surface area contributed by atoms with Gasteiger partial charge in [0.05, 0.1) is 0 Å². The molecule has 190 valence electrons. The van der Waals surface area contributed by atoms with E-state index in [2.05, 4.69) is 40.5 Å². The minimum atomic E-state index is -0.326. The zero-order chi connectivity index (χ0) is 24.8. The van der Waals surface area contributed by atoms with Gasteiger partial charge in [-0.1, -0.05) is 30.3 Å². The van der Waals surface area contributed by atoms with Crippen molar-refractivity contribution in [3.63, 3.8) is 0 Å². The zero-order valence-corrected chi connectivity index (χ0v) is 21.1. The minimum Gasteiger partial charge on any atom is -0.358 e. The second-order valence-electron chi connectivity index (χ2n) is 10.1. The predicted octanol–water partition coefficient (Wildman–Crippen LogP) is 1.76. The van der Waals surface area contributed by atoms with Crippen LogP contribution in [-0.2, 0) is 25.3 Å². The Morgan fingerprint density at radius 2 is 1.63 bits per heavy atom. The molecule has 2 aliphatic heterocycles. The highest BCUT2D eigenvalue weighted by atomic mass is 16.2. The zero-order valence-electron chi connectivity index (χ0n) is 21.1. The standard InChI is InChI=1S/C27H39N5O3/c1-29-24(20-25(33)30(2)27(29)35)32-17-11-23(12-18-32)26(34)28-13-6-14-31-15-9-22(10-16-31)19-21-7-4-3-5-8-21/h3-5,7-8,20,22-23H,6,9-19H2,1-2H3,(H,28,34). The lowest BCUT2D eigenvalue weighted by atomic mass is 9.90. The number of likely N-dealkylation sites (tertiary alicyclic amines) is 1. The SMILES string of the molecule is Cn1c(N2CCC(C(=O)NCCCN3CCC(Cc4ccccc4)CC3)CC2)cc(=O)n(C)c1=O. The molecule has 1 amide bonds. The highest BCUT2D eigenvalue weighted by Crippen LogP contribution is 2.23. The molecule has 2 saturated heterocycles. The quantitative estimate of drug-likeness (QED) is 0.582. The summed E-state index contributed by atoms with van der Waals surface area (Å²) in [7, 11) is 3.17. The van der Waals surface area contributed by atoms with Gasteiger partial charge in [-0.05, 0) is 69.6 Å². The fraction of sp³-hybridized carbons (Fsp3) is 0.593. The van der Waals surface area contributed by atoms with Crippen LogP contribution in [-0.4, -0.2) is 59.2 Å². The molecule has 0 atom stereocenters. The van der Waals surface area contributed by atoms with Gasteiger partial charge in [-0.3, -0.25) is 18.7 Å². The third-order valence-electron chi connectivity index (χ3n) is 7.72. The van der Waals surface area contributed by atoms with Gasteiger partial charge in [0, 0.05) is 45.7 Å². The van der Waals surface area contributed by atoms with Crippen molar-refractivity contribution in [2.75, 3.05) is 44.2 Å². The van der Waals surface area contributed by atoms with Crippen LogP contribution >= 0.6 is 0 Å². The van der Waals surface area contributed by atoms with Gasteiger partial charge >= 0.3 is 5.69 Å². The van der Waals surface area contributed by atoms with Crippen LogP contribution in [0.3, 0.4) is 0 Å². The van der Waals surface area contributed by atoms with E-state index in [0.717, 1.165) is 49.4 Å². The summed E-state index contributed by atoms with van der Waals surface area (Å²) in [6.07, 6.45) is 6.11. The smallest absolute Gasteiger partial charge is 0.332 e. The van der Waals surface area contributed by atoms with Gasteiger partial charge in [-0.25, -0.2) is 4.79 Å². The first kappa shape index (κ1) is 25.2. The molecule has 3 heterocycles. The van der Waals surface area contributed by atoms with Gasteiger partial charge < -0.3 is 15.1 Å². The first-order chi connectivity index (χ1) is 16.9. The van der Waals surface area contributed by atoms with E-state index >= 15 is 0 Å². The second-order valence-corrected chi connectivity index (χ2v) is 10.1. The molecule has 2 aliphatic rings. The number of rotatable bonds is 8. The van der Waals surface area contributed by atoms with Crippen LogP contribution in [0.15, 0.2) is 46.0 Å². The number of carbonyl (C=O) groups is 1. The van der Waals surface area contributed by atoms with E-state index in [4.69, 9.17) is 0 Å². The van der Waals surface area contributed by atoms with E-state index in [1.807, 2.05) is 4.90 Å². The topological polar surface area (TPSA) is 79.6 Å². The minimum absolute atomic E-state index is 0.0106. The lowest BCUT2D eigenvalue weighted by molar-refractivity contribution is -0.125. The summed E-state index contributed by atoms with van der Waals surface area (Å²) in [5, 5.41) is 3.13. The van der Waals surface area contributed by atoms with Crippen LogP contribution in [0.5, 0.6) is 0 Å². The number of nitrogens with zero attached hydrogens (tertiary/aromatic N) is 4. The van der Waals surface area contributed by atoms with Crippen LogP contribution in [0.4, 0.5) is 5.82 Å². The molecular formula is C27H39N5O3. The normalized spacial score (nSPS) is 18.1. The van der Waals surface area contributed by atoms with Crippen LogP contribution in [0, 0.1) is 11.8 Å². The molecule has 0 radical (unpaired) electrons. The fourth-order valence-electron chi connectivity index (χ4n) is 5.42.